The molecule has 0 saturated heterocycles. The van der Waals surface area contributed by atoms with Crippen LogP contribution in [-0.2, 0) is 4.79 Å². The van der Waals surface area contributed by atoms with Crippen LogP contribution < -0.4 is 10.6 Å². The van der Waals surface area contributed by atoms with Crippen LogP contribution in [-0.4, -0.2) is 16.9 Å². The number of fused-ring (bicyclic) bond motifs is 1. The van der Waals surface area contributed by atoms with Gasteiger partial charge in [-0.2, -0.15) is 0 Å². The fraction of sp³-hybridized carbons (Fsp3) is 0.435. The zero-order chi connectivity index (χ0) is 20.8. The number of hydrogen-bond donors (Lipinski definition) is 2. The Morgan fingerprint density at radius 2 is 2.07 bits per heavy atom. The molecule has 1 aromatic carbocycles. The number of nitrogens with one attached hydrogen (secondary N) is 2. The lowest BCUT2D eigenvalue weighted by Gasteiger charge is -2.39. The van der Waals surface area contributed by atoms with Crippen LogP contribution in [0.4, 0.5) is 0 Å². The number of thiazole rings is 1. The summed E-state index contributed by atoms with van der Waals surface area (Å²) in [6.45, 7) is 11.6. The molecule has 2 aliphatic rings. The molecule has 1 aromatic heterocycles. The highest BCUT2D eigenvalue weighted by molar-refractivity contribution is 7.16. The second-order valence-corrected chi connectivity index (χ2v) is 9.73. The molecule has 5 nitrogen and oxygen atoms in total. The van der Waals surface area contributed by atoms with E-state index < -0.39 is 0 Å². The SMILES string of the molecule is C[C@@H]1[C@@H](C)C(NC2=N/C(=C\c3ccc4ncsc4c3)C(=O)N2)=CC[C@H](C)C1(C)C. The van der Waals surface area contributed by atoms with Gasteiger partial charge in [0.25, 0.3) is 5.91 Å². The Balaban J connectivity index is 1.56. The molecule has 4 rings (SSSR count). The van der Waals surface area contributed by atoms with E-state index in [1.54, 1.807) is 11.3 Å². The number of carbonyl (C=O) groups excluding carboxylic acids is 1. The van der Waals surface area contributed by atoms with Crippen LogP contribution in [0.3, 0.4) is 0 Å². The molecule has 152 valence electrons. The normalized spacial score (nSPS) is 28.1. The average Bonchev–Trinajstić information content (AvgIpc) is 3.27. The molecule has 2 aromatic rings. The van der Waals surface area contributed by atoms with Crippen molar-refractivity contribution in [2.24, 2.45) is 28.2 Å². The molecule has 2 heterocycles. The Labute approximate surface area is 176 Å². The molecule has 0 radical (unpaired) electrons. The summed E-state index contributed by atoms with van der Waals surface area (Å²) in [5.74, 6) is 1.80. The second kappa shape index (κ2) is 7.41. The van der Waals surface area contributed by atoms with E-state index in [0.717, 1.165) is 27.9 Å². The molecule has 0 saturated carbocycles. The summed E-state index contributed by atoms with van der Waals surface area (Å²) in [7, 11) is 0. The highest BCUT2D eigenvalue weighted by atomic mass is 32.1. The van der Waals surface area contributed by atoms with E-state index in [-0.39, 0.29) is 11.3 Å². The molecule has 0 bridgehead atoms. The van der Waals surface area contributed by atoms with Crippen LogP contribution in [0.2, 0.25) is 0 Å². The Morgan fingerprint density at radius 3 is 2.86 bits per heavy atom. The first-order valence-electron chi connectivity index (χ1n) is 10.2. The number of carbonyl (C=O) groups is 1. The number of rotatable bonds is 2. The van der Waals surface area contributed by atoms with Crippen molar-refractivity contribution in [1.82, 2.24) is 15.6 Å². The second-order valence-electron chi connectivity index (χ2n) is 8.84. The van der Waals surface area contributed by atoms with Gasteiger partial charge in [-0.05, 0) is 53.4 Å². The van der Waals surface area contributed by atoms with E-state index in [2.05, 4.69) is 61.3 Å². The van der Waals surface area contributed by atoms with E-state index in [9.17, 15) is 4.79 Å². The van der Waals surface area contributed by atoms with Crippen LogP contribution in [0.25, 0.3) is 16.3 Å². The van der Waals surface area contributed by atoms with Gasteiger partial charge in [0.1, 0.15) is 5.70 Å². The number of nitrogens with zero attached hydrogens (tertiary/aromatic N) is 2. The minimum Gasteiger partial charge on any atom is -0.329 e. The molecule has 29 heavy (non-hydrogen) atoms. The first-order valence-corrected chi connectivity index (χ1v) is 11.1. The van der Waals surface area contributed by atoms with Crippen molar-refractivity contribution in [2.45, 2.75) is 41.0 Å². The maximum atomic E-state index is 12.5. The van der Waals surface area contributed by atoms with Gasteiger partial charge in [0.15, 0.2) is 0 Å². The first-order chi connectivity index (χ1) is 13.8. The molecule has 0 fully saturated rings. The number of guanidine groups is 1. The van der Waals surface area contributed by atoms with E-state index >= 15 is 0 Å². The molecule has 0 unspecified atom stereocenters. The molecule has 6 heteroatoms. The van der Waals surface area contributed by atoms with Crippen molar-refractivity contribution in [1.29, 1.82) is 0 Å². The highest BCUT2D eigenvalue weighted by Gasteiger charge is 2.38. The summed E-state index contributed by atoms with van der Waals surface area (Å²) in [6, 6.07) is 5.97. The van der Waals surface area contributed by atoms with Gasteiger partial charge >= 0.3 is 0 Å². The summed E-state index contributed by atoms with van der Waals surface area (Å²) in [6.07, 6.45) is 5.11. The number of hydrogen-bond acceptors (Lipinski definition) is 5. The molecule has 0 spiro atoms. The number of aromatic nitrogens is 1. The van der Waals surface area contributed by atoms with Gasteiger partial charge in [-0.15, -0.1) is 11.3 Å². The lowest BCUT2D eigenvalue weighted by Crippen LogP contribution is -2.39. The Bertz CT molecular complexity index is 1050. The van der Waals surface area contributed by atoms with Crippen LogP contribution in [0, 0.1) is 23.2 Å². The lowest BCUT2D eigenvalue weighted by atomic mass is 9.67. The summed E-state index contributed by atoms with van der Waals surface area (Å²) in [5, 5.41) is 6.27. The monoisotopic (exact) mass is 408 g/mol. The van der Waals surface area contributed by atoms with Gasteiger partial charge in [0, 0.05) is 5.70 Å². The van der Waals surface area contributed by atoms with E-state index in [1.807, 2.05) is 29.8 Å². The number of allylic oxidation sites excluding steroid dienone is 2. The van der Waals surface area contributed by atoms with Crippen molar-refractivity contribution in [2.75, 3.05) is 0 Å². The van der Waals surface area contributed by atoms with Crippen LogP contribution >= 0.6 is 11.3 Å². The molecule has 1 amide bonds. The molecule has 2 N–H and O–H groups in total. The molecular formula is C23H28N4OS. The fourth-order valence-corrected chi connectivity index (χ4v) is 4.83. The summed E-state index contributed by atoms with van der Waals surface area (Å²) in [5.41, 5.74) is 5.55. The van der Waals surface area contributed by atoms with Crippen molar-refractivity contribution in [3.63, 3.8) is 0 Å². The zero-order valence-electron chi connectivity index (χ0n) is 17.6. The van der Waals surface area contributed by atoms with Crippen LogP contribution in [0.5, 0.6) is 0 Å². The average molecular weight is 409 g/mol. The Kier molecular flexibility index (Phi) is 5.07. The predicted molar refractivity (Wildman–Crippen MR) is 120 cm³/mol. The molecule has 1 aliphatic carbocycles. The Morgan fingerprint density at radius 1 is 1.28 bits per heavy atom. The van der Waals surface area contributed by atoms with Crippen LogP contribution in [0.15, 0.2) is 46.2 Å². The summed E-state index contributed by atoms with van der Waals surface area (Å²) < 4.78 is 1.10. The quantitative estimate of drug-likeness (QED) is 0.692. The van der Waals surface area contributed by atoms with Crippen molar-refractivity contribution in [3.05, 3.63) is 46.7 Å². The van der Waals surface area contributed by atoms with Crippen molar-refractivity contribution < 1.29 is 4.79 Å². The standard InChI is InChI=1S/C23H28N4OS/c1-13-6-8-17(14(2)15(3)23(13,4)5)25-22-26-19(21(28)27-22)10-16-7-9-18-20(11-16)29-12-24-18/h7-15H,6H2,1-5H3,(H2,25,26,27,28)/b19-10-/t13-,14+,15+/m0/s1. The molecular weight excluding hydrogens is 380 g/mol. The van der Waals surface area contributed by atoms with Gasteiger partial charge in [-0.3, -0.25) is 10.1 Å². The van der Waals surface area contributed by atoms with E-state index in [4.69, 9.17) is 0 Å². The Hall–Kier alpha value is -2.47. The minimum absolute atomic E-state index is 0.180. The van der Waals surface area contributed by atoms with Gasteiger partial charge in [-0.25, -0.2) is 9.98 Å². The zero-order valence-corrected chi connectivity index (χ0v) is 18.4. The molecule has 3 atom stereocenters. The van der Waals surface area contributed by atoms with E-state index in [0.29, 0.717) is 29.4 Å². The third-order valence-electron chi connectivity index (χ3n) is 6.99. The van der Waals surface area contributed by atoms with Gasteiger partial charge in [0.2, 0.25) is 5.96 Å². The van der Waals surface area contributed by atoms with Gasteiger partial charge < -0.3 is 5.32 Å². The third kappa shape index (κ3) is 3.73. The smallest absolute Gasteiger partial charge is 0.276 e. The maximum absolute atomic E-state index is 12.5. The number of benzene rings is 1. The van der Waals surface area contributed by atoms with E-state index in [1.165, 1.54) is 0 Å². The predicted octanol–water partition coefficient (Wildman–Crippen LogP) is 4.93. The maximum Gasteiger partial charge on any atom is 0.276 e. The highest BCUT2D eigenvalue weighted by Crippen LogP contribution is 2.45. The van der Waals surface area contributed by atoms with Gasteiger partial charge in [-0.1, -0.05) is 46.8 Å². The van der Waals surface area contributed by atoms with Gasteiger partial charge in [0.05, 0.1) is 15.7 Å². The summed E-state index contributed by atoms with van der Waals surface area (Å²) >= 11 is 1.59. The topological polar surface area (TPSA) is 66.4 Å². The first kappa shape index (κ1) is 19.8. The molecule has 1 aliphatic heterocycles. The third-order valence-corrected chi connectivity index (χ3v) is 7.79. The lowest BCUT2D eigenvalue weighted by molar-refractivity contribution is -0.115. The minimum atomic E-state index is -0.180. The summed E-state index contributed by atoms with van der Waals surface area (Å²) in [4.78, 5) is 21.3. The fourth-order valence-electron chi connectivity index (χ4n) is 4.10. The number of amides is 1. The van der Waals surface area contributed by atoms with Crippen molar-refractivity contribution >= 4 is 39.5 Å². The van der Waals surface area contributed by atoms with Crippen molar-refractivity contribution in [3.8, 4) is 0 Å². The largest absolute Gasteiger partial charge is 0.329 e. The van der Waals surface area contributed by atoms with Crippen LogP contribution in [0.1, 0.15) is 46.6 Å². The number of aliphatic imine (C=N–C) groups is 1.